The average Bonchev–Trinajstić information content (AvgIpc) is 2.76. The molecule has 0 aliphatic heterocycles. The number of esters is 1. The summed E-state index contributed by atoms with van der Waals surface area (Å²) in [6, 6.07) is 25.2. The third kappa shape index (κ3) is 5.45. The van der Waals surface area contributed by atoms with Crippen molar-refractivity contribution < 1.29 is 14.6 Å². The van der Waals surface area contributed by atoms with Gasteiger partial charge in [-0.05, 0) is 35.7 Å². The SMILES string of the molecule is CCOC(=O)[C@H](NC(c1ccccc1)c1ccccc1)[C@H](O)c1ccc(Cl)cc1. The second-order valence-electron chi connectivity index (χ2n) is 6.65. The molecule has 0 aromatic heterocycles. The Morgan fingerprint density at radius 1 is 0.897 bits per heavy atom. The van der Waals surface area contributed by atoms with E-state index in [1.807, 2.05) is 60.7 Å². The molecule has 0 saturated heterocycles. The van der Waals surface area contributed by atoms with Gasteiger partial charge in [-0.2, -0.15) is 0 Å². The van der Waals surface area contributed by atoms with Gasteiger partial charge in [-0.15, -0.1) is 0 Å². The predicted octanol–water partition coefficient (Wildman–Crippen LogP) is 4.68. The number of halogens is 1. The fourth-order valence-corrected chi connectivity index (χ4v) is 3.35. The van der Waals surface area contributed by atoms with Gasteiger partial charge in [0.15, 0.2) is 0 Å². The minimum Gasteiger partial charge on any atom is -0.465 e. The standard InChI is InChI=1S/C24H24ClNO3/c1-2-29-24(28)22(23(27)19-13-15-20(25)16-14-19)26-21(17-9-5-3-6-10-17)18-11-7-4-8-12-18/h3-16,21-23,26-27H,2H2,1H3/t22-,23-/m1/s1. The van der Waals surface area contributed by atoms with Crippen LogP contribution in [0.5, 0.6) is 0 Å². The summed E-state index contributed by atoms with van der Waals surface area (Å²) in [6.45, 7) is 1.97. The van der Waals surface area contributed by atoms with Crippen molar-refractivity contribution in [3.63, 3.8) is 0 Å². The lowest BCUT2D eigenvalue weighted by atomic mass is 9.95. The smallest absolute Gasteiger partial charge is 0.326 e. The van der Waals surface area contributed by atoms with E-state index in [1.54, 1.807) is 31.2 Å². The highest BCUT2D eigenvalue weighted by molar-refractivity contribution is 6.30. The number of hydrogen-bond donors (Lipinski definition) is 2. The number of aliphatic hydroxyl groups excluding tert-OH is 1. The molecule has 0 aliphatic carbocycles. The van der Waals surface area contributed by atoms with Crippen LogP contribution < -0.4 is 5.32 Å². The number of nitrogens with one attached hydrogen (secondary N) is 1. The Labute approximate surface area is 176 Å². The van der Waals surface area contributed by atoms with Gasteiger partial charge in [0.2, 0.25) is 0 Å². The molecule has 0 spiro atoms. The molecular weight excluding hydrogens is 386 g/mol. The number of aliphatic hydroxyl groups is 1. The van der Waals surface area contributed by atoms with Crippen LogP contribution in [0, 0.1) is 0 Å². The third-order valence-electron chi connectivity index (χ3n) is 4.68. The van der Waals surface area contributed by atoms with Crippen LogP contribution in [-0.4, -0.2) is 23.7 Å². The monoisotopic (exact) mass is 409 g/mol. The molecule has 0 saturated carbocycles. The van der Waals surface area contributed by atoms with E-state index in [4.69, 9.17) is 16.3 Å². The summed E-state index contributed by atoms with van der Waals surface area (Å²) >= 11 is 5.96. The summed E-state index contributed by atoms with van der Waals surface area (Å²) in [5.74, 6) is -0.508. The first kappa shape index (κ1) is 21.1. The molecule has 3 aromatic carbocycles. The Balaban J connectivity index is 1.97. The van der Waals surface area contributed by atoms with Crippen molar-refractivity contribution in [2.24, 2.45) is 0 Å². The fraction of sp³-hybridized carbons (Fsp3) is 0.208. The number of carbonyl (C=O) groups excluding carboxylic acids is 1. The second-order valence-corrected chi connectivity index (χ2v) is 7.08. The summed E-state index contributed by atoms with van der Waals surface area (Å²) in [5.41, 5.74) is 2.55. The Morgan fingerprint density at radius 2 is 1.41 bits per heavy atom. The zero-order chi connectivity index (χ0) is 20.6. The van der Waals surface area contributed by atoms with E-state index >= 15 is 0 Å². The summed E-state index contributed by atoms with van der Waals surface area (Å²) in [7, 11) is 0. The first-order valence-corrected chi connectivity index (χ1v) is 9.94. The van der Waals surface area contributed by atoms with Crippen LogP contribution in [0.2, 0.25) is 5.02 Å². The van der Waals surface area contributed by atoms with Gasteiger partial charge in [0.25, 0.3) is 0 Å². The number of rotatable bonds is 8. The molecule has 0 fully saturated rings. The van der Waals surface area contributed by atoms with Crippen LogP contribution in [0.15, 0.2) is 84.9 Å². The van der Waals surface area contributed by atoms with E-state index in [0.717, 1.165) is 11.1 Å². The predicted molar refractivity (Wildman–Crippen MR) is 115 cm³/mol. The van der Waals surface area contributed by atoms with E-state index in [2.05, 4.69) is 5.32 Å². The molecule has 0 heterocycles. The molecular formula is C24H24ClNO3. The van der Waals surface area contributed by atoms with Crippen LogP contribution in [0.3, 0.4) is 0 Å². The Bertz CT molecular complexity index is 861. The Kier molecular flexibility index (Phi) is 7.42. The van der Waals surface area contributed by atoms with E-state index in [1.165, 1.54) is 0 Å². The van der Waals surface area contributed by atoms with Crippen LogP contribution in [-0.2, 0) is 9.53 Å². The molecule has 3 rings (SSSR count). The molecule has 3 aromatic rings. The van der Waals surface area contributed by atoms with Crippen LogP contribution in [0.25, 0.3) is 0 Å². The van der Waals surface area contributed by atoms with Crippen LogP contribution >= 0.6 is 11.6 Å². The fourth-order valence-electron chi connectivity index (χ4n) is 3.23. The molecule has 0 amide bonds. The highest BCUT2D eigenvalue weighted by atomic mass is 35.5. The van der Waals surface area contributed by atoms with Crippen molar-refractivity contribution in [2.45, 2.75) is 25.1 Å². The van der Waals surface area contributed by atoms with E-state index in [0.29, 0.717) is 10.6 Å². The van der Waals surface area contributed by atoms with Gasteiger partial charge in [0.1, 0.15) is 12.1 Å². The lowest BCUT2D eigenvalue weighted by molar-refractivity contribution is -0.149. The van der Waals surface area contributed by atoms with Crippen LogP contribution in [0.4, 0.5) is 0 Å². The summed E-state index contributed by atoms with van der Waals surface area (Å²) in [5, 5.41) is 14.9. The first-order valence-electron chi connectivity index (χ1n) is 9.56. The van der Waals surface area contributed by atoms with E-state index < -0.39 is 18.1 Å². The lowest BCUT2D eigenvalue weighted by Gasteiger charge is -2.29. The molecule has 0 aliphatic rings. The van der Waals surface area contributed by atoms with E-state index in [-0.39, 0.29) is 12.6 Å². The maximum atomic E-state index is 12.8. The molecule has 2 atom stereocenters. The van der Waals surface area contributed by atoms with Gasteiger partial charge in [0, 0.05) is 5.02 Å². The van der Waals surface area contributed by atoms with Crippen molar-refractivity contribution in [3.8, 4) is 0 Å². The topological polar surface area (TPSA) is 58.6 Å². The highest BCUT2D eigenvalue weighted by Gasteiger charge is 2.32. The maximum Gasteiger partial charge on any atom is 0.326 e. The van der Waals surface area contributed by atoms with Crippen molar-refractivity contribution in [1.29, 1.82) is 0 Å². The van der Waals surface area contributed by atoms with Gasteiger partial charge in [-0.25, -0.2) is 0 Å². The highest BCUT2D eigenvalue weighted by Crippen LogP contribution is 2.27. The Morgan fingerprint density at radius 3 is 1.90 bits per heavy atom. The molecule has 2 N–H and O–H groups in total. The minimum absolute atomic E-state index is 0.228. The second kappa shape index (κ2) is 10.2. The van der Waals surface area contributed by atoms with Gasteiger partial charge < -0.3 is 9.84 Å². The summed E-state index contributed by atoms with van der Waals surface area (Å²) < 4.78 is 5.26. The zero-order valence-corrected chi connectivity index (χ0v) is 16.9. The first-order chi connectivity index (χ1) is 14.1. The van der Waals surface area contributed by atoms with Crippen molar-refractivity contribution >= 4 is 17.6 Å². The number of ether oxygens (including phenoxy) is 1. The van der Waals surface area contributed by atoms with Gasteiger partial charge in [-0.3, -0.25) is 10.1 Å². The molecule has 0 bridgehead atoms. The molecule has 150 valence electrons. The van der Waals surface area contributed by atoms with Gasteiger partial charge in [-0.1, -0.05) is 84.4 Å². The summed E-state index contributed by atoms with van der Waals surface area (Å²) in [4.78, 5) is 12.8. The normalized spacial score (nSPS) is 13.1. The molecule has 5 heteroatoms. The van der Waals surface area contributed by atoms with E-state index in [9.17, 15) is 9.90 Å². The van der Waals surface area contributed by atoms with Gasteiger partial charge >= 0.3 is 5.97 Å². The molecule has 4 nitrogen and oxygen atoms in total. The molecule has 0 radical (unpaired) electrons. The third-order valence-corrected chi connectivity index (χ3v) is 4.93. The van der Waals surface area contributed by atoms with Crippen LogP contribution in [0.1, 0.15) is 35.8 Å². The zero-order valence-electron chi connectivity index (χ0n) is 16.2. The quantitative estimate of drug-likeness (QED) is 0.530. The number of hydrogen-bond acceptors (Lipinski definition) is 4. The Hall–Kier alpha value is -2.66. The van der Waals surface area contributed by atoms with Crippen molar-refractivity contribution in [2.75, 3.05) is 6.61 Å². The van der Waals surface area contributed by atoms with Gasteiger partial charge in [0.05, 0.1) is 12.6 Å². The average molecular weight is 410 g/mol. The largest absolute Gasteiger partial charge is 0.465 e. The number of carbonyl (C=O) groups is 1. The minimum atomic E-state index is -1.10. The molecule has 0 unspecified atom stereocenters. The van der Waals surface area contributed by atoms with Crippen molar-refractivity contribution in [1.82, 2.24) is 5.32 Å². The number of benzene rings is 3. The maximum absolute atomic E-state index is 12.8. The summed E-state index contributed by atoms with van der Waals surface area (Å²) in [6.07, 6.45) is -1.10. The van der Waals surface area contributed by atoms with Crippen molar-refractivity contribution in [3.05, 3.63) is 107 Å². The lowest BCUT2D eigenvalue weighted by Crippen LogP contribution is -2.45. The molecule has 29 heavy (non-hydrogen) atoms.